The normalized spacial score (nSPS) is 10.5. The maximum absolute atomic E-state index is 11.5. The number of carbonyl (C=O) groups is 2. The van der Waals surface area contributed by atoms with Crippen LogP contribution < -0.4 is 37.9 Å². The Hall–Kier alpha value is -3.18. The first kappa shape index (κ1) is 18.2. The molecule has 0 aliphatic rings. The van der Waals surface area contributed by atoms with Gasteiger partial charge in [0.2, 0.25) is 0 Å². The SMILES string of the molecule is CCCCOc1cccc2nc(N(N)C(N)=O)nc(N(N)C(N)=O)c12. The minimum absolute atomic E-state index is 0.0590. The number of ether oxygens (including phenoxy) is 1. The lowest BCUT2D eigenvalue weighted by Gasteiger charge is -2.20. The third-order valence-electron chi connectivity index (χ3n) is 3.33. The van der Waals surface area contributed by atoms with Crippen molar-refractivity contribution in [1.82, 2.24) is 9.97 Å². The molecule has 0 bridgehead atoms. The predicted molar refractivity (Wildman–Crippen MR) is 92.4 cm³/mol. The van der Waals surface area contributed by atoms with E-state index in [0.717, 1.165) is 12.8 Å². The second-order valence-electron chi connectivity index (χ2n) is 5.12. The molecular weight excluding hydrogens is 328 g/mol. The van der Waals surface area contributed by atoms with Gasteiger partial charge < -0.3 is 16.2 Å². The minimum Gasteiger partial charge on any atom is -0.493 e. The number of amides is 4. The first-order chi connectivity index (χ1) is 11.9. The summed E-state index contributed by atoms with van der Waals surface area (Å²) in [6.07, 6.45) is 1.79. The molecule has 25 heavy (non-hydrogen) atoms. The average molecular weight is 348 g/mol. The van der Waals surface area contributed by atoms with E-state index in [1.807, 2.05) is 6.92 Å². The highest BCUT2D eigenvalue weighted by atomic mass is 16.5. The summed E-state index contributed by atoms with van der Waals surface area (Å²) in [7, 11) is 0. The molecule has 1 aromatic heterocycles. The maximum atomic E-state index is 11.5. The van der Waals surface area contributed by atoms with Crippen LogP contribution in [0.3, 0.4) is 0 Å². The third kappa shape index (κ3) is 3.84. The van der Waals surface area contributed by atoms with E-state index in [4.69, 9.17) is 27.9 Å². The van der Waals surface area contributed by atoms with Crippen molar-refractivity contribution < 1.29 is 14.3 Å². The van der Waals surface area contributed by atoms with Crippen molar-refractivity contribution in [3.05, 3.63) is 18.2 Å². The molecule has 2 aromatic rings. The fourth-order valence-corrected chi connectivity index (χ4v) is 2.05. The van der Waals surface area contributed by atoms with Gasteiger partial charge in [0.1, 0.15) is 5.75 Å². The van der Waals surface area contributed by atoms with E-state index in [1.54, 1.807) is 18.2 Å². The van der Waals surface area contributed by atoms with Crippen LogP contribution in [0, 0.1) is 0 Å². The topological polar surface area (TPSA) is 180 Å². The van der Waals surface area contributed by atoms with Gasteiger partial charge in [-0.2, -0.15) is 9.99 Å². The fourth-order valence-electron chi connectivity index (χ4n) is 2.05. The summed E-state index contributed by atoms with van der Waals surface area (Å²) in [6.45, 7) is 2.49. The van der Waals surface area contributed by atoms with Crippen molar-refractivity contribution in [1.29, 1.82) is 0 Å². The van der Waals surface area contributed by atoms with Gasteiger partial charge in [-0.05, 0) is 18.6 Å². The van der Waals surface area contributed by atoms with Crippen molar-refractivity contribution in [3.8, 4) is 5.75 Å². The summed E-state index contributed by atoms with van der Waals surface area (Å²) in [4.78, 5) is 31.0. The van der Waals surface area contributed by atoms with Crippen LogP contribution in [0.4, 0.5) is 21.4 Å². The van der Waals surface area contributed by atoms with E-state index < -0.39 is 12.1 Å². The zero-order valence-corrected chi connectivity index (χ0v) is 13.7. The van der Waals surface area contributed by atoms with Gasteiger partial charge in [0.15, 0.2) is 5.82 Å². The zero-order valence-electron chi connectivity index (χ0n) is 13.7. The number of benzene rings is 1. The molecule has 134 valence electrons. The van der Waals surface area contributed by atoms with Crippen LogP contribution in [-0.2, 0) is 0 Å². The van der Waals surface area contributed by atoms with Crippen LogP contribution in [0.1, 0.15) is 19.8 Å². The molecule has 0 fully saturated rings. The van der Waals surface area contributed by atoms with Gasteiger partial charge in [0.25, 0.3) is 5.95 Å². The van der Waals surface area contributed by atoms with Gasteiger partial charge >= 0.3 is 12.1 Å². The van der Waals surface area contributed by atoms with E-state index in [1.165, 1.54) is 0 Å². The number of nitrogens with zero attached hydrogens (tertiary/aromatic N) is 4. The highest BCUT2D eigenvalue weighted by Gasteiger charge is 2.22. The summed E-state index contributed by atoms with van der Waals surface area (Å²) >= 11 is 0. The predicted octanol–water partition coefficient (Wildman–Crippen LogP) is 0.326. The monoisotopic (exact) mass is 348 g/mol. The van der Waals surface area contributed by atoms with Crippen LogP contribution in [0.5, 0.6) is 5.75 Å². The molecule has 0 atom stereocenters. The fraction of sp³-hybridized carbons (Fsp3) is 0.286. The lowest BCUT2D eigenvalue weighted by atomic mass is 10.2. The van der Waals surface area contributed by atoms with Gasteiger partial charge in [0, 0.05) is 0 Å². The molecule has 0 saturated carbocycles. The van der Waals surface area contributed by atoms with E-state index in [9.17, 15) is 9.59 Å². The summed E-state index contributed by atoms with van der Waals surface area (Å²) in [5, 5.41) is 1.51. The van der Waals surface area contributed by atoms with Crippen LogP contribution in [0.15, 0.2) is 18.2 Å². The Morgan fingerprint density at radius 3 is 2.40 bits per heavy atom. The molecule has 4 amide bonds. The minimum atomic E-state index is -0.983. The molecule has 11 nitrogen and oxygen atoms in total. The molecule has 0 aliphatic heterocycles. The number of rotatable bonds is 6. The summed E-state index contributed by atoms with van der Waals surface area (Å²) in [5.41, 5.74) is 10.7. The molecule has 8 N–H and O–H groups in total. The quantitative estimate of drug-likeness (QED) is 0.251. The van der Waals surface area contributed by atoms with Crippen LogP contribution in [-0.4, -0.2) is 28.6 Å². The molecule has 11 heteroatoms. The van der Waals surface area contributed by atoms with Gasteiger partial charge in [-0.3, -0.25) is 0 Å². The largest absolute Gasteiger partial charge is 0.493 e. The van der Waals surface area contributed by atoms with Gasteiger partial charge in [-0.15, -0.1) is 0 Å². The summed E-state index contributed by atoms with van der Waals surface area (Å²) in [5.74, 6) is 11.4. The van der Waals surface area contributed by atoms with Crippen molar-refractivity contribution >= 4 is 34.7 Å². The summed E-state index contributed by atoms with van der Waals surface area (Å²) in [6, 6.07) is 3.06. The summed E-state index contributed by atoms with van der Waals surface area (Å²) < 4.78 is 5.73. The molecule has 1 aromatic carbocycles. The van der Waals surface area contributed by atoms with Crippen LogP contribution in [0.25, 0.3) is 10.9 Å². The Bertz CT molecular complexity index is 797. The molecule has 0 aliphatic carbocycles. The molecular formula is C14H20N8O3. The first-order valence-corrected chi connectivity index (χ1v) is 7.48. The Labute approximate surface area is 143 Å². The Morgan fingerprint density at radius 2 is 1.80 bits per heavy atom. The highest BCUT2D eigenvalue weighted by molar-refractivity contribution is 6.03. The van der Waals surface area contributed by atoms with E-state index >= 15 is 0 Å². The highest BCUT2D eigenvalue weighted by Crippen LogP contribution is 2.33. The van der Waals surface area contributed by atoms with E-state index in [-0.39, 0.29) is 11.8 Å². The van der Waals surface area contributed by atoms with Crippen molar-refractivity contribution in [2.75, 3.05) is 16.6 Å². The average Bonchev–Trinajstić information content (AvgIpc) is 2.59. The third-order valence-corrected chi connectivity index (χ3v) is 3.33. The molecule has 0 spiro atoms. The second-order valence-corrected chi connectivity index (χ2v) is 5.12. The maximum Gasteiger partial charge on any atom is 0.336 e. The van der Waals surface area contributed by atoms with Crippen molar-refractivity contribution in [2.24, 2.45) is 23.2 Å². The zero-order chi connectivity index (χ0) is 18.6. The van der Waals surface area contributed by atoms with Crippen LogP contribution >= 0.6 is 0 Å². The Kier molecular flexibility index (Phi) is 5.52. The standard InChI is InChI=1S/C14H20N8O3/c1-2-3-7-25-9-6-4-5-8-10(9)11(21(17)12(15)23)20-14(19-8)22(18)13(16)24/h4-6H,2-3,7,17-18H2,1H3,(H2,15,23)(H2,16,24). The Balaban J connectivity index is 2.66. The first-order valence-electron chi connectivity index (χ1n) is 7.48. The second kappa shape index (κ2) is 7.59. The number of anilines is 2. The lowest BCUT2D eigenvalue weighted by Crippen LogP contribution is -2.45. The lowest BCUT2D eigenvalue weighted by molar-refractivity contribution is 0.253. The van der Waals surface area contributed by atoms with Crippen molar-refractivity contribution in [2.45, 2.75) is 19.8 Å². The number of aromatic nitrogens is 2. The number of urea groups is 2. The molecule has 0 saturated heterocycles. The number of hydrogen-bond acceptors (Lipinski definition) is 7. The number of fused-ring (bicyclic) bond motifs is 1. The van der Waals surface area contributed by atoms with Gasteiger partial charge in [-0.1, -0.05) is 19.4 Å². The number of hydrogen-bond donors (Lipinski definition) is 4. The van der Waals surface area contributed by atoms with Crippen LogP contribution in [0.2, 0.25) is 0 Å². The number of primary amides is 2. The molecule has 0 radical (unpaired) electrons. The Morgan fingerprint density at radius 1 is 1.12 bits per heavy atom. The van der Waals surface area contributed by atoms with Gasteiger partial charge in [-0.25, -0.2) is 31.3 Å². The number of carbonyl (C=O) groups excluding carboxylic acids is 2. The van der Waals surface area contributed by atoms with Gasteiger partial charge in [0.05, 0.1) is 17.5 Å². The number of hydrazine groups is 2. The van der Waals surface area contributed by atoms with Crippen molar-refractivity contribution in [3.63, 3.8) is 0 Å². The van der Waals surface area contributed by atoms with E-state index in [2.05, 4.69) is 9.97 Å². The molecule has 0 unspecified atom stereocenters. The molecule has 2 rings (SSSR count). The smallest absolute Gasteiger partial charge is 0.336 e. The number of nitrogens with two attached hydrogens (primary N) is 4. The number of unbranched alkanes of at least 4 members (excludes halogenated alkanes) is 1. The molecule has 1 heterocycles. The van der Waals surface area contributed by atoms with E-state index in [0.29, 0.717) is 33.3 Å².